The molecule has 6 heterocycles. The minimum Gasteiger partial charge on any atom is -0.349 e. The summed E-state index contributed by atoms with van der Waals surface area (Å²) < 4.78 is 0. The Morgan fingerprint density at radius 3 is 0.879 bits per heavy atom. The van der Waals surface area contributed by atoms with E-state index in [1.807, 2.05) is 58.3 Å². The van der Waals surface area contributed by atoms with Crippen LogP contribution >= 0.6 is 0 Å². The zero-order chi connectivity index (χ0) is 65.6. The van der Waals surface area contributed by atoms with Crippen LogP contribution in [0.5, 0.6) is 0 Å². The number of hydrogen-bond acceptors (Lipinski definition) is 16. The third kappa shape index (κ3) is 21.3. The molecule has 4 aromatic rings. The zero-order valence-corrected chi connectivity index (χ0v) is 55.9. The number of carbonyl (C=O) groups is 6. The predicted octanol–water partition coefficient (Wildman–Crippen LogP) is 11.2. The predicted molar refractivity (Wildman–Crippen MR) is 363 cm³/mol. The van der Waals surface area contributed by atoms with Gasteiger partial charge in [0.25, 0.3) is 23.6 Å². The van der Waals surface area contributed by atoms with Gasteiger partial charge in [-0.15, -0.1) is 10.2 Å². The van der Waals surface area contributed by atoms with Crippen molar-refractivity contribution >= 4 is 46.9 Å². The highest BCUT2D eigenvalue weighted by atomic mass is 16.2. The highest BCUT2D eigenvalue weighted by Crippen LogP contribution is 2.24. The molecule has 20 heteroatoms. The molecule has 0 aliphatic carbocycles. The van der Waals surface area contributed by atoms with Crippen molar-refractivity contribution in [3.05, 3.63) is 142 Å². The summed E-state index contributed by atoms with van der Waals surface area (Å²) in [5, 5.41) is 21.9. The molecule has 0 bridgehead atoms. The van der Waals surface area contributed by atoms with Gasteiger partial charge < -0.3 is 20.4 Å². The van der Waals surface area contributed by atoms with Crippen LogP contribution in [-0.2, 0) is 0 Å². The van der Waals surface area contributed by atoms with Gasteiger partial charge in [-0.3, -0.25) is 48.4 Å². The number of Topliss-reactive ketones (excluding diaryl/α,β-unsaturated/α-hetero) is 2. The van der Waals surface area contributed by atoms with E-state index >= 15 is 0 Å². The summed E-state index contributed by atoms with van der Waals surface area (Å²) >= 11 is 0. The second-order valence-corrected chi connectivity index (χ2v) is 27.9. The van der Waals surface area contributed by atoms with E-state index in [1.54, 1.807) is 48.5 Å². The number of rotatable bonds is 10. The molecule has 6 aliphatic rings. The summed E-state index contributed by atoms with van der Waals surface area (Å²) in [5.74, 6) is 1.41. The molecular weight excluding hydrogens is 1140 g/mol. The topological polar surface area (TPSA) is 220 Å². The number of hydrogen-bond donors (Lipinski definition) is 2. The quantitative estimate of drug-likeness (QED) is 0.143. The van der Waals surface area contributed by atoms with Gasteiger partial charge in [0.1, 0.15) is 0 Å². The van der Waals surface area contributed by atoms with Crippen molar-refractivity contribution in [3.8, 4) is 0 Å². The number of carbonyl (C=O) groups excluding carboxylic acids is 6. The lowest BCUT2D eigenvalue weighted by Gasteiger charge is -2.42. The van der Waals surface area contributed by atoms with Crippen LogP contribution in [0.15, 0.2) is 128 Å². The first kappa shape index (κ1) is 72.5. The number of nitrogens with one attached hydrogen (secondary N) is 2. The van der Waals surface area contributed by atoms with Crippen LogP contribution in [0, 0.1) is 0 Å². The molecule has 91 heavy (non-hydrogen) atoms. The van der Waals surface area contributed by atoms with Gasteiger partial charge in [0, 0.05) is 157 Å². The number of nitrogens with zero attached hydrogens (tertiary/aromatic N) is 12. The maximum absolute atomic E-state index is 12.6. The monoisotopic (exact) mass is 1250 g/mol. The third-order valence-corrected chi connectivity index (χ3v) is 17.4. The Morgan fingerprint density at radius 1 is 0.363 bits per heavy atom. The molecule has 4 fully saturated rings. The lowest BCUT2D eigenvalue weighted by atomic mass is 9.98. The molecule has 492 valence electrons. The van der Waals surface area contributed by atoms with Crippen molar-refractivity contribution in [2.75, 3.05) is 91.9 Å². The van der Waals surface area contributed by atoms with Crippen molar-refractivity contribution in [2.24, 2.45) is 30.4 Å². The average molecular weight is 1250 g/mol. The Morgan fingerprint density at radius 2 is 0.615 bits per heavy atom. The number of likely N-dealkylation sites (tertiary alicyclic amines) is 2. The first-order valence-electron chi connectivity index (χ1n) is 31.9. The number of piperidine rings is 2. The summed E-state index contributed by atoms with van der Waals surface area (Å²) in [4.78, 5) is 94.2. The van der Waals surface area contributed by atoms with E-state index in [0.29, 0.717) is 58.4 Å². The highest BCUT2D eigenvalue weighted by Gasteiger charge is 2.32. The van der Waals surface area contributed by atoms with Gasteiger partial charge in [-0.1, -0.05) is 56.0 Å². The fraction of sp³-hybridized carbons (Fsp3) is 0.549. The van der Waals surface area contributed by atoms with E-state index in [0.717, 1.165) is 115 Å². The second kappa shape index (κ2) is 32.2. The molecule has 6 aliphatic heterocycles. The van der Waals surface area contributed by atoms with Crippen molar-refractivity contribution in [2.45, 2.75) is 164 Å². The van der Waals surface area contributed by atoms with Gasteiger partial charge in [0.2, 0.25) is 0 Å². The zero-order valence-electron chi connectivity index (χ0n) is 55.9. The fourth-order valence-corrected chi connectivity index (χ4v) is 11.4. The van der Waals surface area contributed by atoms with Crippen molar-refractivity contribution in [3.63, 3.8) is 0 Å². The van der Waals surface area contributed by atoms with E-state index in [4.69, 9.17) is 0 Å². The molecule has 0 spiro atoms. The van der Waals surface area contributed by atoms with Crippen LogP contribution < -0.4 is 10.6 Å². The van der Waals surface area contributed by atoms with E-state index in [9.17, 15) is 28.8 Å². The number of piperazine rings is 2. The standard InChI is InChI=1S/C18H25N5O.C18H26N2O2.C17H23N5O.C17H24N2O2.CH4/c1-18(2,3)23-10-8-15(9-11-23)21-17(24)14-6-4-13(5-7-14)16-19-12-20-22-16;1-13(21)14-5-7-15(8-6-14)17(22)19-16-9-11-20(12-10-16)18(2,3)4;1-17(2,3)22-10-8-21(9-11-22)16(23)14-6-4-13(5-7-14)15-18-12-19-20-15;1-13(20)14-5-7-15(8-6-14)16(21)18-9-11-19(12-10-18)17(2,3)4;/h4-7,15H,8-12H2,1-3H3,(H,21,24);5-8,16H,9-12H2,1-4H3,(H,19,22);4-7H,8-12H2,1-3H3;5-8H,9-12H2,1-4H3;1H4. The van der Waals surface area contributed by atoms with Crippen LogP contribution in [0.1, 0.15) is 203 Å². The number of azo groups is 2. The minimum atomic E-state index is -0.0516. The number of amides is 4. The molecule has 0 aromatic heterocycles. The number of benzene rings is 4. The van der Waals surface area contributed by atoms with Crippen LogP contribution in [0.4, 0.5) is 0 Å². The molecule has 2 N–H and O–H groups in total. The van der Waals surface area contributed by atoms with Gasteiger partial charge in [-0.05, 0) is 171 Å². The van der Waals surface area contributed by atoms with Crippen molar-refractivity contribution < 1.29 is 28.8 Å². The fourth-order valence-electron chi connectivity index (χ4n) is 11.4. The van der Waals surface area contributed by atoms with Crippen LogP contribution in [0.2, 0.25) is 0 Å². The number of aliphatic imine (C=N–C) groups is 2. The Balaban J connectivity index is 0.000000192. The van der Waals surface area contributed by atoms with Crippen molar-refractivity contribution in [1.29, 1.82) is 0 Å². The molecule has 0 atom stereocenters. The van der Waals surface area contributed by atoms with Gasteiger partial charge in [-0.2, -0.15) is 10.2 Å². The molecular formula is C71H102N14O6. The lowest BCUT2D eigenvalue weighted by molar-refractivity contribution is 0.0449. The first-order valence-corrected chi connectivity index (χ1v) is 31.9. The summed E-state index contributed by atoms with van der Waals surface area (Å²) in [5.41, 5.74) is 6.44. The molecule has 0 saturated carbocycles. The smallest absolute Gasteiger partial charge is 0.253 e. The molecule has 0 radical (unpaired) electrons. The van der Waals surface area contributed by atoms with Gasteiger partial charge in [-0.25, -0.2) is 9.98 Å². The van der Waals surface area contributed by atoms with E-state index in [1.165, 1.54) is 13.8 Å². The van der Waals surface area contributed by atoms with Gasteiger partial charge in [0.15, 0.2) is 36.6 Å². The van der Waals surface area contributed by atoms with Gasteiger partial charge in [0.05, 0.1) is 0 Å². The maximum Gasteiger partial charge on any atom is 0.253 e. The Kier molecular flexibility index (Phi) is 25.6. The number of amidine groups is 2. The Labute approximate surface area is 541 Å². The summed E-state index contributed by atoms with van der Waals surface area (Å²) in [7, 11) is 0. The lowest BCUT2D eigenvalue weighted by Crippen LogP contribution is -2.54. The largest absolute Gasteiger partial charge is 0.349 e. The first-order chi connectivity index (χ1) is 42.4. The molecule has 20 nitrogen and oxygen atoms in total. The number of ketones is 2. The summed E-state index contributed by atoms with van der Waals surface area (Å²) in [6.45, 7) is 41.3. The van der Waals surface area contributed by atoms with E-state index < -0.39 is 0 Å². The third-order valence-electron chi connectivity index (χ3n) is 17.4. The molecule has 0 unspecified atom stereocenters. The SMILES string of the molecule is C.CC(=O)c1ccc(C(=O)N2CCN(C(C)(C)C)CC2)cc1.CC(=O)c1ccc(C(=O)NC2CCN(C(C)(C)C)CC2)cc1.CC(C)(C)N1CCC(NC(=O)c2ccc(C3=NCN=N3)cc2)CC1.CC(C)(C)N1CCN(C(=O)c2ccc(C3=NCN=N3)cc2)CC1. The summed E-state index contributed by atoms with van der Waals surface area (Å²) in [6.07, 6.45) is 3.96. The molecule has 4 saturated heterocycles. The molecule has 4 aromatic carbocycles. The van der Waals surface area contributed by atoms with Crippen LogP contribution in [-0.4, -0.2) is 202 Å². The van der Waals surface area contributed by atoms with Crippen LogP contribution in [0.25, 0.3) is 0 Å². The maximum atomic E-state index is 12.6. The van der Waals surface area contributed by atoms with Crippen molar-refractivity contribution in [1.82, 2.24) is 40.0 Å². The molecule has 4 amide bonds. The minimum absolute atomic E-state index is 0. The highest BCUT2D eigenvalue weighted by molar-refractivity contribution is 6.03. The van der Waals surface area contributed by atoms with E-state index in [-0.39, 0.29) is 76.9 Å². The Hall–Kier alpha value is -7.52. The van der Waals surface area contributed by atoms with E-state index in [2.05, 4.69) is 144 Å². The Bertz CT molecular complexity index is 3210. The molecule has 10 rings (SSSR count). The summed E-state index contributed by atoms with van der Waals surface area (Å²) in [6, 6.07) is 29.2. The second-order valence-electron chi connectivity index (χ2n) is 27.9. The van der Waals surface area contributed by atoms with Gasteiger partial charge >= 0.3 is 0 Å². The normalized spacial score (nSPS) is 18.0. The average Bonchev–Trinajstić information content (AvgIpc) is 3.34. The van der Waals surface area contributed by atoms with Crippen LogP contribution in [0.3, 0.4) is 0 Å².